The number of hydrogen-bond donors (Lipinski definition) is 0. The first kappa shape index (κ1) is 15.8. The fourth-order valence-electron chi connectivity index (χ4n) is 2.85. The lowest BCUT2D eigenvalue weighted by Crippen LogP contribution is -2.41. The lowest BCUT2D eigenvalue weighted by Gasteiger charge is -2.32. The van der Waals surface area contributed by atoms with Gasteiger partial charge in [0.15, 0.2) is 0 Å². The predicted octanol–water partition coefficient (Wildman–Crippen LogP) is 3.32. The Morgan fingerprint density at radius 1 is 0.958 bits per heavy atom. The molecule has 0 unspecified atom stereocenters. The van der Waals surface area contributed by atoms with Gasteiger partial charge < -0.3 is 9.31 Å². The summed E-state index contributed by atoms with van der Waals surface area (Å²) in [6.07, 6.45) is 2.34. The summed E-state index contributed by atoms with van der Waals surface area (Å²) >= 11 is 0. The van der Waals surface area contributed by atoms with Gasteiger partial charge in [-0.3, -0.25) is 0 Å². The molecular weight excluding hydrogens is 299 g/mol. The molecule has 4 rings (SSSR count). The van der Waals surface area contributed by atoms with Crippen LogP contribution in [-0.2, 0) is 9.31 Å². The summed E-state index contributed by atoms with van der Waals surface area (Å²) in [6.45, 7) is 8.25. The van der Waals surface area contributed by atoms with Gasteiger partial charge in [0, 0.05) is 11.5 Å². The number of aromatic nitrogens is 2. The largest absolute Gasteiger partial charge is 0.514 e. The monoisotopic (exact) mass is 322 g/mol. The molecule has 0 bridgehead atoms. The first-order valence-corrected chi connectivity index (χ1v) is 8.66. The number of benzene rings is 1. The molecule has 1 aromatic carbocycles. The van der Waals surface area contributed by atoms with Crippen LogP contribution in [-0.4, -0.2) is 28.3 Å². The smallest absolute Gasteiger partial charge is 0.398 e. The first-order chi connectivity index (χ1) is 11.4. The fraction of sp³-hybridized carbons (Fsp3) is 0.474. The molecule has 124 valence electrons. The molecule has 2 aliphatic rings. The standard InChI is InChI=1S/C19H23BN2O2/c1-18(2)19(3,4)24-20(23-18)16-12-15(13-8-6-5-7-9-13)21-17(22-16)14-10-11-14/h5-9,12,14H,10-11H2,1-4H3. The average Bonchev–Trinajstić information content (AvgIpc) is 3.36. The van der Waals surface area contributed by atoms with Crippen LogP contribution in [0, 0.1) is 0 Å². The highest BCUT2D eigenvalue weighted by Gasteiger charge is 2.52. The highest BCUT2D eigenvalue weighted by atomic mass is 16.7. The van der Waals surface area contributed by atoms with E-state index in [2.05, 4.69) is 39.8 Å². The Hall–Kier alpha value is -1.72. The lowest BCUT2D eigenvalue weighted by molar-refractivity contribution is 0.00578. The average molecular weight is 322 g/mol. The zero-order valence-corrected chi connectivity index (χ0v) is 14.7. The van der Waals surface area contributed by atoms with Crippen molar-refractivity contribution in [2.24, 2.45) is 0 Å². The van der Waals surface area contributed by atoms with Gasteiger partial charge in [-0.15, -0.1) is 0 Å². The molecular formula is C19H23BN2O2. The van der Waals surface area contributed by atoms with E-state index in [4.69, 9.17) is 19.3 Å². The minimum absolute atomic E-state index is 0.366. The van der Waals surface area contributed by atoms with Crippen LogP contribution < -0.4 is 5.59 Å². The molecule has 0 N–H and O–H groups in total. The van der Waals surface area contributed by atoms with E-state index in [1.165, 1.54) is 12.8 Å². The van der Waals surface area contributed by atoms with Crippen molar-refractivity contribution in [3.8, 4) is 11.3 Å². The molecule has 1 saturated carbocycles. The molecule has 0 spiro atoms. The summed E-state index contributed by atoms with van der Waals surface area (Å²) < 4.78 is 12.4. The minimum atomic E-state index is -0.446. The van der Waals surface area contributed by atoms with Gasteiger partial charge in [0.25, 0.3) is 0 Å². The van der Waals surface area contributed by atoms with E-state index in [-0.39, 0.29) is 11.2 Å². The topological polar surface area (TPSA) is 44.2 Å². The molecule has 1 aliphatic carbocycles. The molecule has 2 fully saturated rings. The van der Waals surface area contributed by atoms with E-state index < -0.39 is 7.12 Å². The van der Waals surface area contributed by atoms with Crippen LogP contribution in [0.4, 0.5) is 0 Å². The summed E-state index contributed by atoms with van der Waals surface area (Å²) in [5.41, 5.74) is 2.13. The third-order valence-electron chi connectivity index (χ3n) is 5.27. The Balaban J connectivity index is 1.75. The van der Waals surface area contributed by atoms with E-state index in [1.807, 2.05) is 24.3 Å². The summed E-state index contributed by atoms with van der Waals surface area (Å²) in [5, 5.41) is 0. The molecule has 2 aromatic rings. The normalized spacial score (nSPS) is 21.9. The van der Waals surface area contributed by atoms with Crippen molar-refractivity contribution in [2.75, 3.05) is 0 Å². The van der Waals surface area contributed by atoms with E-state index in [0.717, 1.165) is 22.7 Å². The van der Waals surface area contributed by atoms with Crippen molar-refractivity contribution < 1.29 is 9.31 Å². The van der Waals surface area contributed by atoms with Crippen LogP contribution in [0.25, 0.3) is 11.3 Å². The van der Waals surface area contributed by atoms with Crippen LogP contribution in [0.5, 0.6) is 0 Å². The summed E-state index contributed by atoms with van der Waals surface area (Å²) in [6, 6.07) is 12.2. The van der Waals surface area contributed by atoms with Crippen molar-refractivity contribution in [1.29, 1.82) is 0 Å². The summed E-state index contributed by atoms with van der Waals surface area (Å²) in [7, 11) is -0.446. The van der Waals surface area contributed by atoms with Gasteiger partial charge in [0.2, 0.25) is 0 Å². The molecule has 0 atom stereocenters. The van der Waals surface area contributed by atoms with Crippen molar-refractivity contribution >= 4 is 12.7 Å². The quantitative estimate of drug-likeness (QED) is 0.813. The van der Waals surface area contributed by atoms with Crippen LogP contribution >= 0.6 is 0 Å². The van der Waals surface area contributed by atoms with E-state index >= 15 is 0 Å². The maximum atomic E-state index is 6.18. The van der Waals surface area contributed by atoms with Crippen LogP contribution in [0.1, 0.15) is 52.3 Å². The second kappa shape index (κ2) is 5.40. The number of rotatable bonds is 3. The van der Waals surface area contributed by atoms with Crippen molar-refractivity contribution in [3.05, 3.63) is 42.2 Å². The molecule has 24 heavy (non-hydrogen) atoms. The zero-order chi connectivity index (χ0) is 16.9. The van der Waals surface area contributed by atoms with Gasteiger partial charge >= 0.3 is 7.12 Å². The molecule has 5 heteroatoms. The SMILES string of the molecule is CC1(C)OB(c2cc(-c3ccccc3)nc(C3CC3)n2)OC1(C)C. The van der Waals surface area contributed by atoms with Gasteiger partial charge in [-0.1, -0.05) is 30.3 Å². The molecule has 4 nitrogen and oxygen atoms in total. The molecule has 1 saturated heterocycles. The van der Waals surface area contributed by atoms with Crippen molar-refractivity contribution in [1.82, 2.24) is 9.97 Å². The zero-order valence-electron chi connectivity index (χ0n) is 14.7. The molecule has 0 radical (unpaired) electrons. The Morgan fingerprint density at radius 3 is 2.17 bits per heavy atom. The predicted molar refractivity (Wildman–Crippen MR) is 95.2 cm³/mol. The number of hydrogen-bond acceptors (Lipinski definition) is 4. The number of nitrogens with zero attached hydrogens (tertiary/aromatic N) is 2. The first-order valence-electron chi connectivity index (χ1n) is 8.66. The van der Waals surface area contributed by atoms with Crippen molar-refractivity contribution in [3.63, 3.8) is 0 Å². The maximum Gasteiger partial charge on any atom is 0.514 e. The van der Waals surface area contributed by atoms with Gasteiger partial charge in [0.05, 0.1) is 22.5 Å². The van der Waals surface area contributed by atoms with Crippen LogP contribution in [0.15, 0.2) is 36.4 Å². The van der Waals surface area contributed by atoms with Crippen LogP contribution in [0.3, 0.4) is 0 Å². The third-order valence-corrected chi connectivity index (χ3v) is 5.27. The lowest BCUT2D eigenvalue weighted by atomic mass is 9.83. The Kier molecular flexibility index (Phi) is 3.55. The summed E-state index contributed by atoms with van der Waals surface area (Å²) in [4.78, 5) is 9.56. The Morgan fingerprint density at radius 2 is 1.58 bits per heavy atom. The molecule has 1 aromatic heterocycles. The Bertz CT molecular complexity index is 741. The fourth-order valence-corrected chi connectivity index (χ4v) is 2.85. The van der Waals surface area contributed by atoms with Gasteiger partial charge in [-0.05, 0) is 46.6 Å². The highest BCUT2D eigenvalue weighted by molar-refractivity contribution is 6.61. The second-order valence-electron chi connectivity index (χ2n) is 7.76. The van der Waals surface area contributed by atoms with Gasteiger partial charge in [-0.2, -0.15) is 0 Å². The summed E-state index contributed by atoms with van der Waals surface area (Å²) in [5.74, 6) is 1.40. The molecule has 1 aliphatic heterocycles. The van der Waals surface area contributed by atoms with E-state index in [9.17, 15) is 0 Å². The highest BCUT2D eigenvalue weighted by Crippen LogP contribution is 2.39. The second-order valence-corrected chi connectivity index (χ2v) is 7.76. The van der Waals surface area contributed by atoms with Gasteiger partial charge in [-0.25, -0.2) is 9.97 Å². The van der Waals surface area contributed by atoms with Crippen LogP contribution in [0.2, 0.25) is 0 Å². The van der Waals surface area contributed by atoms with Gasteiger partial charge in [0.1, 0.15) is 5.82 Å². The van der Waals surface area contributed by atoms with E-state index in [0.29, 0.717) is 5.92 Å². The maximum absolute atomic E-state index is 6.18. The minimum Gasteiger partial charge on any atom is -0.398 e. The third kappa shape index (κ3) is 2.76. The Labute approximate surface area is 143 Å². The molecule has 2 heterocycles. The molecule has 0 amide bonds. The van der Waals surface area contributed by atoms with Crippen molar-refractivity contribution in [2.45, 2.75) is 57.7 Å². The van der Waals surface area contributed by atoms with E-state index in [1.54, 1.807) is 0 Å².